The first-order chi connectivity index (χ1) is 9.70. The van der Waals surface area contributed by atoms with Crippen LogP contribution in [0.1, 0.15) is 10.4 Å². The number of sulfonamides is 1. The SMILES string of the molecule is O=C(O)c1ccc(Br)cc1NS(=O)(=O)c1cc(Cl)c(Br)s1. The largest absolute Gasteiger partial charge is 0.478 e. The summed E-state index contributed by atoms with van der Waals surface area (Å²) < 4.78 is 27.8. The zero-order chi connectivity index (χ0) is 15.8. The van der Waals surface area contributed by atoms with Crippen LogP contribution in [0.2, 0.25) is 5.02 Å². The van der Waals surface area contributed by atoms with Gasteiger partial charge in [0.05, 0.1) is 20.1 Å². The first-order valence-electron chi connectivity index (χ1n) is 5.21. The molecule has 0 saturated heterocycles. The van der Waals surface area contributed by atoms with E-state index in [-0.39, 0.29) is 20.5 Å². The molecule has 1 aromatic heterocycles. The van der Waals surface area contributed by atoms with Crippen LogP contribution in [-0.2, 0) is 10.0 Å². The third-order valence-electron chi connectivity index (χ3n) is 2.34. The number of halogens is 3. The third-order valence-corrected chi connectivity index (χ3v) is 7.15. The Morgan fingerprint density at radius 3 is 2.48 bits per heavy atom. The van der Waals surface area contributed by atoms with Gasteiger partial charge < -0.3 is 5.11 Å². The van der Waals surface area contributed by atoms with Crippen molar-refractivity contribution in [2.24, 2.45) is 0 Å². The van der Waals surface area contributed by atoms with E-state index in [4.69, 9.17) is 16.7 Å². The van der Waals surface area contributed by atoms with E-state index in [0.29, 0.717) is 8.26 Å². The average molecular weight is 476 g/mol. The molecule has 0 bridgehead atoms. The van der Waals surface area contributed by atoms with E-state index >= 15 is 0 Å². The Labute approximate surface area is 146 Å². The zero-order valence-electron chi connectivity index (χ0n) is 9.93. The van der Waals surface area contributed by atoms with Crippen LogP contribution >= 0.6 is 54.8 Å². The molecule has 0 saturated carbocycles. The van der Waals surface area contributed by atoms with Crippen LogP contribution < -0.4 is 4.72 Å². The van der Waals surface area contributed by atoms with Crippen molar-refractivity contribution >= 4 is 76.5 Å². The summed E-state index contributed by atoms with van der Waals surface area (Å²) >= 11 is 13.1. The normalized spacial score (nSPS) is 11.4. The highest BCUT2D eigenvalue weighted by Gasteiger charge is 2.22. The van der Waals surface area contributed by atoms with Crippen LogP contribution in [0.5, 0.6) is 0 Å². The van der Waals surface area contributed by atoms with Gasteiger partial charge in [-0.15, -0.1) is 11.3 Å². The number of anilines is 1. The van der Waals surface area contributed by atoms with Crippen molar-refractivity contribution in [1.29, 1.82) is 0 Å². The minimum atomic E-state index is -3.92. The number of carbonyl (C=O) groups is 1. The average Bonchev–Trinajstić information content (AvgIpc) is 2.69. The number of hydrogen-bond donors (Lipinski definition) is 2. The molecule has 112 valence electrons. The molecule has 1 aromatic carbocycles. The molecule has 0 fully saturated rings. The van der Waals surface area contributed by atoms with Gasteiger partial charge in [0.2, 0.25) is 0 Å². The summed E-state index contributed by atoms with van der Waals surface area (Å²) in [7, 11) is -3.92. The predicted molar refractivity (Wildman–Crippen MR) is 88.9 cm³/mol. The van der Waals surface area contributed by atoms with Crippen LogP contribution in [0.15, 0.2) is 36.7 Å². The lowest BCUT2D eigenvalue weighted by Gasteiger charge is -2.09. The summed E-state index contributed by atoms with van der Waals surface area (Å²) in [5, 5.41) is 9.37. The van der Waals surface area contributed by atoms with Gasteiger partial charge in [-0.1, -0.05) is 27.5 Å². The highest BCUT2D eigenvalue weighted by atomic mass is 79.9. The molecule has 0 aliphatic carbocycles. The van der Waals surface area contributed by atoms with Crippen LogP contribution in [-0.4, -0.2) is 19.5 Å². The molecule has 2 N–H and O–H groups in total. The molecule has 21 heavy (non-hydrogen) atoms. The quantitative estimate of drug-likeness (QED) is 0.686. The second kappa shape index (κ2) is 6.25. The molecule has 2 rings (SSSR count). The number of thiophene rings is 1. The van der Waals surface area contributed by atoms with Gasteiger partial charge in [0.1, 0.15) is 4.21 Å². The predicted octanol–water partition coefficient (Wildman–Crippen LogP) is 4.43. The van der Waals surface area contributed by atoms with Gasteiger partial charge in [-0.25, -0.2) is 13.2 Å². The Kier molecular flexibility index (Phi) is 4.99. The molecule has 0 atom stereocenters. The molecule has 2 aromatic rings. The van der Waals surface area contributed by atoms with Crippen molar-refractivity contribution in [1.82, 2.24) is 0 Å². The Morgan fingerprint density at radius 1 is 1.29 bits per heavy atom. The second-order valence-corrected chi connectivity index (χ2v) is 9.39. The molecule has 1 heterocycles. The van der Waals surface area contributed by atoms with Crippen LogP contribution in [0, 0.1) is 0 Å². The summed E-state index contributed by atoms with van der Waals surface area (Å²) in [5.74, 6) is -1.23. The van der Waals surface area contributed by atoms with Crippen molar-refractivity contribution in [2.75, 3.05) is 4.72 Å². The number of carboxylic acids is 1. The molecular formula is C11H6Br2ClNO4S2. The second-order valence-electron chi connectivity index (χ2n) is 3.79. The standard InChI is InChI=1S/C11H6Br2ClNO4S2/c12-5-1-2-6(11(16)17)8(3-5)15-21(18,19)9-4-7(14)10(13)20-9/h1-4,15H,(H,16,17). The van der Waals surface area contributed by atoms with Crippen LogP contribution in [0.3, 0.4) is 0 Å². The lowest BCUT2D eigenvalue weighted by atomic mass is 10.2. The highest BCUT2D eigenvalue weighted by molar-refractivity contribution is 9.11. The first-order valence-corrected chi connectivity index (χ1v) is 9.47. The van der Waals surface area contributed by atoms with Crippen molar-refractivity contribution in [3.63, 3.8) is 0 Å². The molecule has 0 aliphatic heterocycles. The van der Waals surface area contributed by atoms with Gasteiger partial charge in [-0.05, 0) is 40.2 Å². The van der Waals surface area contributed by atoms with E-state index < -0.39 is 16.0 Å². The number of hydrogen-bond acceptors (Lipinski definition) is 4. The maximum Gasteiger partial charge on any atom is 0.337 e. The van der Waals surface area contributed by atoms with E-state index in [1.165, 1.54) is 24.3 Å². The monoisotopic (exact) mass is 473 g/mol. The summed E-state index contributed by atoms with van der Waals surface area (Å²) in [5.41, 5.74) is -0.180. The van der Waals surface area contributed by atoms with Gasteiger partial charge in [-0.3, -0.25) is 4.72 Å². The lowest BCUT2D eigenvalue weighted by Crippen LogP contribution is -2.14. The van der Waals surface area contributed by atoms with E-state index in [9.17, 15) is 13.2 Å². The number of rotatable bonds is 4. The number of nitrogens with one attached hydrogen (secondary N) is 1. The highest BCUT2D eigenvalue weighted by Crippen LogP contribution is 2.35. The summed E-state index contributed by atoms with van der Waals surface area (Å²) in [6.45, 7) is 0. The number of carboxylic acid groups (broad SMARTS) is 1. The fourth-order valence-corrected chi connectivity index (χ4v) is 5.27. The van der Waals surface area contributed by atoms with E-state index in [1.54, 1.807) is 0 Å². The van der Waals surface area contributed by atoms with Gasteiger partial charge in [0.25, 0.3) is 10.0 Å². The molecule has 0 unspecified atom stereocenters. The fourth-order valence-electron chi connectivity index (χ4n) is 1.44. The molecule has 5 nitrogen and oxygen atoms in total. The Balaban J connectivity index is 2.45. The number of benzene rings is 1. The lowest BCUT2D eigenvalue weighted by molar-refractivity contribution is 0.0698. The van der Waals surface area contributed by atoms with E-state index in [2.05, 4.69) is 36.6 Å². The van der Waals surface area contributed by atoms with Gasteiger partial charge in [0, 0.05) is 4.47 Å². The van der Waals surface area contributed by atoms with Gasteiger partial charge in [-0.2, -0.15) is 0 Å². The molecule has 0 spiro atoms. The van der Waals surface area contributed by atoms with E-state index in [0.717, 1.165) is 11.3 Å². The summed E-state index contributed by atoms with van der Waals surface area (Å²) in [6.07, 6.45) is 0. The summed E-state index contributed by atoms with van der Waals surface area (Å²) in [6, 6.07) is 5.49. The minimum absolute atomic E-state index is 0.0179. The molecule has 0 radical (unpaired) electrons. The Bertz CT molecular complexity index is 800. The Hall–Kier alpha value is -0.610. The van der Waals surface area contributed by atoms with Crippen LogP contribution in [0.25, 0.3) is 0 Å². The first kappa shape index (κ1) is 16.8. The van der Waals surface area contributed by atoms with Crippen molar-refractivity contribution in [2.45, 2.75) is 4.21 Å². The summed E-state index contributed by atoms with van der Waals surface area (Å²) in [4.78, 5) is 11.1. The van der Waals surface area contributed by atoms with E-state index in [1.807, 2.05) is 0 Å². The molecule has 10 heteroatoms. The van der Waals surface area contributed by atoms with Crippen molar-refractivity contribution in [3.8, 4) is 0 Å². The fraction of sp³-hybridized carbons (Fsp3) is 0. The van der Waals surface area contributed by atoms with Crippen LogP contribution in [0.4, 0.5) is 5.69 Å². The molecular weight excluding hydrogens is 470 g/mol. The Morgan fingerprint density at radius 2 is 1.95 bits per heavy atom. The zero-order valence-corrected chi connectivity index (χ0v) is 15.5. The topological polar surface area (TPSA) is 83.5 Å². The molecule has 0 amide bonds. The maximum atomic E-state index is 12.3. The third kappa shape index (κ3) is 3.78. The number of aromatic carboxylic acids is 1. The maximum absolute atomic E-state index is 12.3. The van der Waals surface area contributed by atoms with Gasteiger partial charge in [0.15, 0.2) is 0 Å². The molecule has 0 aliphatic rings. The van der Waals surface area contributed by atoms with Crippen molar-refractivity contribution in [3.05, 3.63) is 43.1 Å². The smallest absolute Gasteiger partial charge is 0.337 e. The minimum Gasteiger partial charge on any atom is -0.478 e. The van der Waals surface area contributed by atoms with Crippen molar-refractivity contribution < 1.29 is 18.3 Å². The van der Waals surface area contributed by atoms with Gasteiger partial charge >= 0.3 is 5.97 Å².